The van der Waals surface area contributed by atoms with E-state index in [0.29, 0.717) is 11.3 Å². The van der Waals surface area contributed by atoms with Crippen LogP contribution in [-0.4, -0.2) is 18.0 Å². The van der Waals surface area contributed by atoms with Crippen LogP contribution in [0.2, 0.25) is 0 Å². The average Bonchev–Trinajstić information content (AvgIpc) is 2.68. The first-order valence-corrected chi connectivity index (χ1v) is 8.02. The predicted molar refractivity (Wildman–Crippen MR) is 96.8 cm³/mol. The minimum Gasteiger partial charge on any atom is -0.497 e. The van der Waals surface area contributed by atoms with Gasteiger partial charge in [0.15, 0.2) is 6.17 Å². The van der Waals surface area contributed by atoms with Gasteiger partial charge in [-0.25, -0.2) is 0 Å². The number of benzene rings is 2. The number of hydrogen-bond acceptors (Lipinski definition) is 4. The van der Waals surface area contributed by atoms with Crippen molar-refractivity contribution in [1.29, 1.82) is 0 Å². The van der Waals surface area contributed by atoms with Gasteiger partial charge in [0.25, 0.3) is 5.91 Å². The van der Waals surface area contributed by atoms with Crippen LogP contribution in [0.25, 0.3) is 0 Å². The van der Waals surface area contributed by atoms with Gasteiger partial charge in [-0.1, -0.05) is 24.3 Å². The van der Waals surface area contributed by atoms with E-state index in [1.807, 2.05) is 66.7 Å². The smallest absolute Gasteiger partial charge is 0.262 e. The van der Waals surface area contributed by atoms with Gasteiger partial charge in [0.1, 0.15) is 5.75 Å². The topological polar surface area (TPSA) is 54.5 Å². The van der Waals surface area contributed by atoms with Crippen molar-refractivity contribution in [2.45, 2.75) is 6.17 Å². The molecule has 1 aliphatic rings. The summed E-state index contributed by atoms with van der Waals surface area (Å²) < 4.78 is 5.32. The highest BCUT2D eigenvalue weighted by Crippen LogP contribution is 2.36. The number of methoxy groups -OCH3 is 1. The lowest BCUT2D eigenvalue weighted by molar-refractivity contribution is 0.0974. The fourth-order valence-electron chi connectivity index (χ4n) is 3.02. The Labute approximate surface area is 145 Å². The number of ether oxygens (including phenoxy) is 1. The van der Waals surface area contributed by atoms with Gasteiger partial charge in [-0.3, -0.25) is 14.7 Å². The SMILES string of the molecule is COc1cccc(N2C(=O)c3ccccc3NC2c2ccccn2)c1. The van der Waals surface area contributed by atoms with Crippen LogP contribution in [0.15, 0.2) is 72.9 Å². The Hall–Kier alpha value is -3.34. The molecule has 25 heavy (non-hydrogen) atoms. The van der Waals surface area contributed by atoms with Gasteiger partial charge >= 0.3 is 0 Å². The number of anilines is 2. The molecule has 1 amide bonds. The third-order valence-electron chi connectivity index (χ3n) is 4.23. The molecule has 0 fully saturated rings. The number of amides is 1. The molecule has 0 saturated heterocycles. The van der Waals surface area contributed by atoms with Crippen molar-refractivity contribution in [3.05, 3.63) is 84.2 Å². The Morgan fingerprint density at radius 2 is 1.88 bits per heavy atom. The maximum absolute atomic E-state index is 13.2. The molecule has 0 aliphatic carbocycles. The van der Waals surface area contributed by atoms with Gasteiger partial charge in [-0.15, -0.1) is 0 Å². The predicted octanol–water partition coefficient (Wildman–Crippen LogP) is 3.86. The molecule has 124 valence electrons. The molecule has 0 radical (unpaired) electrons. The Morgan fingerprint density at radius 1 is 1.04 bits per heavy atom. The number of carbonyl (C=O) groups excluding carboxylic acids is 1. The van der Waals surface area contributed by atoms with E-state index in [2.05, 4.69) is 10.3 Å². The first kappa shape index (κ1) is 15.2. The molecule has 5 heteroatoms. The van der Waals surface area contributed by atoms with Gasteiger partial charge < -0.3 is 10.1 Å². The highest BCUT2D eigenvalue weighted by atomic mass is 16.5. The monoisotopic (exact) mass is 331 g/mol. The summed E-state index contributed by atoms with van der Waals surface area (Å²) >= 11 is 0. The fourth-order valence-corrected chi connectivity index (χ4v) is 3.02. The van der Waals surface area contributed by atoms with E-state index in [1.165, 1.54) is 0 Å². The molecule has 5 nitrogen and oxygen atoms in total. The lowest BCUT2D eigenvalue weighted by atomic mass is 10.0. The van der Waals surface area contributed by atoms with Crippen molar-refractivity contribution >= 4 is 17.3 Å². The number of hydrogen-bond donors (Lipinski definition) is 1. The van der Waals surface area contributed by atoms with Crippen LogP contribution in [0.1, 0.15) is 22.2 Å². The molecule has 1 atom stereocenters. The van der Waals surface area contributed by atoms with Gasteiger partial charge in [-0.05, 0) is 36.4 Å². The molecule has 4 rings (SSSR count). The number of nitrogens with zero attached hydrogens (tertiary/aromatic N) is 2. The van der Waals surface area contributed by atoms with Crippen molar-refractivity contribution < 1.29 is 9.53 Å². The molecule has 1 N–H and O–H groups in total. The maximum atomic E-state index is 13.2. The number of aromatic nitrogens is 1. The molecule has 1 aromatic heterocycles. The second-order valence-electron chi connectivity index (χ2n) is 5.72. The van der Waals surface area contributed by atoms with Crippen LogP contribution < -0.4 is 15.0 Å². The summed E-state index contributed by atoms with van der Waals surface area (Å²) in [5.74, 6) is 0.627. The Morgan fingerprint density at radius 3 is 2.68 bits per heavy atom. The number of nitrogens with one attached hydrogen (secondary N) is 1. The summed E-state index contributed by atoms with van der Waals surface area (Å²) in [6, 6.07) is 20.7. The number of carbonyl (C=O) groups is 1. The standard InChI is InChI=1S/C20H17N3O2/c1-25-15-8-6-7-14(13-15)23-19(18-11-4-5-12-21-18)22-17-10-3-2-9-16(17)20(23)24/h2-13,19,22H,1H3. The minimum absolute atomic E-state index is 0.0711. The number of para-hydroxylation sites is 1. The van der Waals surface area contributed by atoms with Gasteiger partial charge in [0.2, 0.25) is 0 Å². The molecule has 0 bridgehead atoms. The highest BCUT2D eigenvalue weighted by molar-refractivity contribution is 6.12. The normalized spacial score (nSPS) is 16.1. The molecule has 0 saturated carbocycles. The second-order valence-corrected chi connectivity index (χ2v) is 5.72. The van der Waals surface area contributed by atoms with Crippen LogP contribution in [0.4, 0.5) is 11.4 Å². The summed E-state index contributed by atoms with van der Waals surface area (Å²) in [5, 5.41) is 3.43. The summed E-state index contributed by atoms with van der Waals surface area (Å²) in [7, 11) is 1.61. The number of pyridine rings is 1. The minimum atomic E-state index is -0.393. The maximum Gasteiger partial charge on any atom is 0.262 e. The van der Waals surface area contributed by atoms with Crippen molar-refractivity contribution in [2.75, 3.05) is 17.3 Å². The fraction of sp³-hybridized carbons (Fsp3) is 0.100. The van der Waals surface area contributed by atoms with Crippen molar-refractivity contribution in [3.8, 4) is 5.75 Å². The molecule has 1 aliphatic heterocycles. The molecule has 0 spiro atoms. The number of rotatable bonds is 3. The summed E-state index contributed by atoms with van der Waals surface area (Å²) in [5.41, 5.74) is 2.97. The quantitative estimate of drug-likeness (QED) is 0.792. The summed E-state index contributed by atoms with van der Waals surface area (Å²) in [6.07, 6.45) is 1.34. The zero-order chi connectivity index (χ0) is 17.2. The Kier molecular flexibility index (Phi) is 3.82. The van der Waals surface area contributed by atoms with Crippen LogP contribution in [0.5, 0.6) is 5.75 Å². The number of fused-ring (bicyclic) bond motifs is 1. The van der Waals surface area contributed by atoms with Gasteiger partial charge in [0, 0.05) is 18.0 Å². The van der Waals surface area contributed by atoms with E-state index in [0.717, 1.165) is 17.1 Å². The Bertz CT molecular complexity index is 912. The third-order valence-corrected chi connectivity index (χ3v) is 4.23. The van der Waals surface area contributed by atoms with Gasteiger partial charge in [0.05, 0.1) is 24.1 Å². The van der Waals surface area contributed by atoms with Gasteiger partial charge in [-0.2, -0.15) is 0 Å². The average molecular weight is 331 g/mol. The summed E-state index contributed by atoms with van der Waals surface area (Å²) in [4.78, 5) is 19.4. The van der Waals surface area contributed by atoms with Crippen LogP contribution >= 0.6 is 0 Å². The second kappa shape index (κ2) is 6.28. The first-order valence-electron chi connectivity index (χ1n) is 8.02. The van der Waals surface area contributed by atoms with Crippen molar-refractivity contribution in [1.82, 2.24) is 4.98 Å². The van der Waals surface area contributed by atoms with E-state index in [-0.39, 0.29) is 5.91 Å². The largest absolute Gasteiger partial charge is 0.497 e. The van der Waals surface area contributed by atoms with Crippen LogP contribution in [-0.2, 0) is 0 Å². The van der Waals surface area contributed by atoms with E-state index in [1.54, 1.807) is 18.2 Å². The van der Waals surface area contributed by atoms with Crippen LogP contribution in [0.3, 0.4) is 0 Å². The molecule has 2 aromatic carbocycles. The first-order chi connectivity index (χ1) is 12.3. The highest BCUT2D eigenvalue weighted by Gasteiger charge is 2.34. The van der Waals surface area contributed by atoms with E-state index in [9.17, 15) is 4.79 Å². The Balaban J connectivity index is 1.86. The van der Waals surface area contributed by atoms with E-state index in [4.69, 9.17) is 4.74 Å². The van der Waals surface area contributed by atoms with E-state index >= 15 is 0 Å². The van der Waals surface area contributed by atoms with Crippen molar-refractivity contribution in [3.63, 3.8) is 0 Å². The zero-order valence-electron chi connectivity index (χ0n) is 13.7. The zero-order valence-corrected chi connectivity index (χ0v) is 13.7. The molecular formula is C20H17N3O2. The van der Waals surface area contributed by atoms with Crippen molar-refractivity contribution in [2.24, 2.45) is 0 Å². The van der Waals surface area contributed by atoms with E-state index < -0.39 is 6.17 Å². The molecule has 2 heterocycles. The lowest BCUT2D eigenvalue weighted by Crippen LogP contribution is -2.43. The van der Waals surface area contributed by atoms with Crippen LogP contribution in [0, 0.1) is 0 Å². The molecule has 3 aromatic rings. The summed E-state index contributed by atoms with van der Waals surface area (Å²) in [6.45, 7) is 0. The molecule has 1 unspecified atom stereocenters. The molecular weight excluding hydrogens is 314 g/mol. The lowest BCUT2D eigenvalue weighted by Gasteiger charge is -2.37. The third kappa shape index (κ3) is 2.70.